The second-order valence-corrected chi connectivity index (χ2v) is 2.83. The minimum absolute atomic E-state index is 0.0845. The molecule has 13 heavy (non-hydrogen) atoms. The van der Waals surface area contributed by atoms with Crippen molar-refractivity contribution in [1.82, 2.24) is 4.98 Å². The summed E-state index contributed by atoms with van der Waals surface area (Å²) < 4.78 is 0. The van der Waals surface area contributed by atoms with Crippen LogP contribution in [0, 0.1) is 0 Å². The Morgan fingerprint density at radius 3 is 2.69 bits per heavy atom. The van der Waals surface area contributed by atoms with Crippen LogP contribution < -0.4 is 5.43 Å². The van der Waals surface area contributed by atoms with E-state index in [9.17, 15) is 4.79 Å². The Morgan fingerprint density at radius 2 is 2.15 bits per heavy atom. The zero-order valence-corrected chi connectivity index (χ0v) is 7.29. The zero-order chi connectivity index (χ0) is 9.68. The maximum atomic E-state index is 11.3. The van der Waals surface area contributed by atoms with Gasteiger partial charge in [-0.15, -0.1) is 0 Å². The molecule has 0 aliphatic heterocycles. The molecule has 0 saturated carbocycles. The fourth-order valence-corrected chi connectivity index (χ4v) is 1.10. The first-order valence-electron chi connectivity index (χ1n) is 4.20. The lowest BCUT2D eigenvalue weighted by Gasteiger charge is -2.00. The molecule has 72 valence electrons. The highest BCUT2D eigenvalue weighted by atomic mass is 16.3. The van der Waals surface area contributed by atoms with Crippen LogP contribution in [0.2, 0.25) is 0 Å². The third kappa shape index (κ3) is 2.68. The summed E-state index contributed by atoms with van der Waals surface area (Å²) in [4.78, 5) is 14.1. The van der Waals surface area contributed by atoms with Crippen molar-refractivity contribution in [2.24, 2.45) is 0 Å². The average Bonchev–Trinajstić information content (AvgIpc) is 2.16. The number of aromatic amines is 1. The van der Waals surface area contributed by atoms with Gasteiger partial charge in [0.05, 0.1) is 6.61 Å². The number of aliphatic hydroxyl groups is 2. The minimum Gasteiger partial charge on any atom is -0.396 e. The van der Waals surface area contributed by atoms with Gasteiger partial charge in [0, 0.05) is 30.1 Å². The number of hydrogen-bond donors (Lipinski definition) is 3. The molecule has 1 heterocycles. The molecule has 0 fully saturated rings. The van der Waals surface area contributed by atoms with E-state index in [4.69, 9.17) is 10.2 Å². The van der Waals surface area contributed by atoms with Crippen LogP contribution in [0.5, 0.6) is 0 Å². The van der Waals surface area contributed by atoms with Crippen molar-refractivity contribution in [1.29, 1.82) is 0 Å². The van der Waals surface area contributed by atoms with Crippen molar-refractivity contribution in [2.75, 3.05) is 6.61 Å². The molecule has 0 unspecified atom stereocenters. The molecular formula is C9H13NO3. The first-order valence-corrected chi connectivity index (χ1v) is 4.20. The Balaban J connectivity index is 2.80. The van der Waals surface area contributed by atoms with E-state index < -0.39 is 0 Å². The van der Waals surface area contributed by atoms with E-state index in [0.717, 1.165) is 0 Å². The monoisotopic (exact) mass is 183 g/mol. The van der Waals surface area contributed by atoms with E-state index >= 15 is 0 Å². The summed E-state index contributed by atoms with van der Waals surface area (Å²) in [6.45, 7) is -0.0727. The van der Waals surface area contributed by atoms with Gasteiger partial charge in [-0.25, -0.2) is 0 Å². The van der Waals surface area contributed by atoms with Crippen molar-refractivity contribution >= 4 is 0 Å². The van der Waals surface area contributed by atoms with Gasteiger partial charge >= 0.3 is 0 Å². The maximum absolute atomic E-state index is 11.3. The summed E-state index contributed by atoms with van der Waals surface area (Å²) in [7, 11) is 0. The summed E-state index contributed by atoms with van der Waals surface area (Å²) in [5.41, 5.74) is 1.07. The van der Waals surface area contributed by atoms with E-state index in [1.165, 1.54) is 6.07 Å². The lowest BCUT2D eigenvalue weighted by atomic mass is 10.1. The second kappa shape index (κ2) is 4.79. The number of pyridine rings is 1. The Hall–Kier alpha value is -1.13. The van der Waals surface area contributed by atoms with Crippen molar-refractivity contribution in [3.05, 3.63) is 33.7 Å². The predicted molar refractivity (Wildman–Crippen MR) is 48.4 cm³/mol. The van der Waals surface area contributed by atoms with E-state index in [1.807, 2.05) is 0 Å². The molecular weight excluding hydrogens is 170 g/mol. The molecule has 4 heteroatoms. The van der Waals surface area contributed by atoms with Crippen molar-refractivity contribution in [3.63, 3.8) is 0 Å². The Kier molecular flexibility index (Phi) is 3.67. The summed E-state index contributed by atoms with van der Waals surface area (Å²) in [6.07, 6.45) is 2.74. The molecule has 0 aliphatic carbocycles. The van der Waals surface area contributed by atoms with Gasteiger partial charge in [0.15, 0.2) is 5.43 Å². The largest absolute Gasteiger partial charge is 0.396 e. The number of aromatic nitrogens is 1. The number of H-pyrrole nitrogens is 1. The van der Waals surface area contributed by atoms with Gasteiger partial charge in [0.1, 0.15) is 0 Å². The summed E-state index contributed by atoms with van der Waals surface area (Å²) in [5.74, 6) is 0. The van der Waals surface area contributed by atoms with Crippen molar-refractivity contribution in [3.8, 4) is 0 Å². The normalized spacial score (nSPS) is 10.3. The molecule has 0 aliphatic rings. The highest BCUT2D eigenvalue weighted by molar-refractivity contribution is 5.14. The van der Waals surface area contributed by atoms with Gasteiger partial charge in [-0.2, -0.15) is 0 Å². The molecule has 4 nitrogen and oxygen atoms in total. The maximum Gasteiger partial charge on any atom is 0.185 e. The fourth-order valence-electron chi connectivity index (χ4n) is 1.10. The zero-order valence-electron chi connectivity index (χ0n) is 7.29. The SMILES string of the molecule is O=c1cc(CO)[nH]cc1CCCO. The number of rotatable bonds is 4. The molecule has 1 rings (SSSR count). The number of nitrogens with one attached hydrogen (secondary N) is 1. The Bertz CT molecular complexity index is 319. The van der Waals surface area contributed by atoms with E-state index in [0.29, 0.717) is 24.1 Å². The van der Waals surface area contributed by atoms with Crippen LogP contribution >= 0.6 is 0 Å². The molecule has 0 amide bonds. The van der Waals surface area contributed by atoms with E-state index in [2.05, 4.69) is 4.98 Å². The number of aliphatic hydroxyl groups excluding tert-OH is 2. The summed E-state index contributed by atoms with van der Waals surface area (Å²) in [6, 6.07) is 1.38. The quantitative estimate of drug-likeness (QED) is 0.604. The first-order chi connectivity index (χ1) is 6.27. The molecule has 0 aromatic carbocycles. The first kappa shape index (κ1) is 9.95. The topological polar surface area (TPSA) is 73.3 Å². The lowest BCUT2D eigenvalue weighted by Crippen LogP contribution is -2.10. The third-order valence-corrected chi connectivity index (χ3v) is 1.83. The molecule has 3 N–H and O–H groups in total. The van der Waals surface area contributed by atoms with Crippen LogP contribution in [0.4, 0.5) is 0 Å². The fraction of sp³-hybridized carbons (Fsp3) is 0.444. The van der Waals surface area contributed by atoms with Gasteiger partial charge in [-0.3, -0.25) is 4.79 Å². The standard InChI is InChI=1S/C9H13NO3/c11-3-1-2-7-5-10-8(6-12)4-9(7)13/h4-5,11-12H,1-3,6H2,(H,10,13). The molecule has 1 aromatic rings. The third-order valence-electron chi connectivity index (χ3n) is 1.83. The van der Waals surface area contributed by atoms with Crippen LogP contribution in [0.3, 0.4) is 0 Å². The molecule has 0 bridgehead atoms. The molecule has 0 radical (unpaired) electrons. The predicted octanol–water partition coefficient (Wildman–Crippen LogP) is -0.208. The number of aryl methyl sites for hydroxylation is 1. The summed E-state index contributed by atoms with van der Waals surface area (Å²) in [5, 5.41) is 17.3. The van der Waals surface area contributed by atoms with Crippen molar-refractivity contribution < 1.29 is 10.2 Å². The van der Waals surface area contributed by atoms with Crippen LogP contribution in [-0.2, 0) is 13.0 Å². The van der Waals surface area contributed by atoms with Gasteiger partial charge < -0.3 is 15.2 Å². The van der Waals surface area contributed by atoms with Gasteiger partial charge in [-0.05, 0) is 12.8 Å². The average molecular weight is 183 g/mol. The van der Waals surface area contributed by atoms with Crippen LogP contribution in [-0.4, -0.2) is 21.8 Å². The van der Waals surface area contributed by atoms with Gasteiger partial charge in [-0.1, -0.05) is 0 Å². The lowest BCUT2D eigenvalue weighted by molar-refractivity contribution is 0.276. The van der Waals surface area contributed by atoms with Crippen LogP contribution in [0.25, 0.3) is 0 Å². The Labute approximate surface area is 75.9 Å². The highest BCUT2D eigenvalue weighted by Crippen LogP contribution is 1.96. The number of hydrogen-bond acceptors (Lipinski definition) is 3. The highest BCUT2D eigenvalue weighted by Gasteiger charge is 1.99. The Morgan fingerprint density at radius 1 is 1.38 bits per heavy atom. The van der Waals surface area contributed by atoms with E-state index in [-0.39, 0.29) is 18.6 Å². The van der Waals surface area contributed by atoms with Crippen molar-refractivity contribution in [2.45, 2.75) is 19.4 Å². The molecule has 0 atom stereocenters. The van der Waals surface area contributed by atoms with Crippen LogP contribution in [0.1, 0.15) is 17.7 Å². The van der Waals surface area contributed by atoms with Gasteiger partial charge in [0.2, 0.25) is 0 Å². The van der Waals surface area contributed by atoms with Gasteiger partial charge in [0.25, 0.3) is 0 Å². The molecule has 1 aromatic heterocycles. The smallest absolute Gasteiger partial charge is 0.185 e. The second-order valence-electron chi connectivity index (χ2n) is 2.83. The van der Waals surface area contributed by atoms with E-state index in [1.54, 1.807) is 6.20 Å². The minimum atomic E-state index is -0.157. The summed E-state index contributed by atoms with van der Waals surface area (Å²) >= 11 is 0. The molecule has 0 spiro atoms. The van der Waals surface area contributed by atoms with Crippen LogP contribution in [0.15, 0.2) is 17.1 Å². The molecule has 0 saturated heterocycles.